The van der Waals surface area contributed by atoms with Crippen molar-refractivity contribution in [1.82, 2.24) is 9.80 Å². The van der Waals surface area contributed by atoms with Crippen molar-refractivity contribution in [2.24, 2.45) is 0 Å². The van der Waals surface area contributed by atoms with Gasteiger partial charge in [-0.05, 0) is 74.4 Å². The van der Waals surface area contributed by atoms with Gasteiger partial charge in [-0.15, -0.1) is 0 Å². The van der Waals surface area contributed by atoms with Crippen LogP contribution in [0.5, 0.6) is 0 Å². The fourth-order valence-corrected chi connectivity index (χ4v) is 5.63. The first-order valence-electron chi connectivity index (χ1n) is 14.0. The van der Waals surface area contributed by atoms with Crippen molar-refractivity contribution < 1.29 is 33.4 Å². The lowest BCUT2D eigenvalue weighted by atomic mass is 9.98. The minimum atomic E-state index is -1.19. The molecular weight excluding hydrogens is 524 g/mol. The van der Waals surface area contributed by atoms with Gasteiger partial charge in [0.15, 0.2) is 0 Å². The second kappa shape index (κ2) is 11.7. The third kappa shape index (κ3) is 6.39. The minimum absolute atomic E-state index is 0.0107. The van der Waals surface area contributed by atoms with Crippen molar-refractivity contribution >= 4 is 18.2 Å². The van der Waals surface area contributed by atoms with E-state index in [1.54, 1.807) is 15.9 Å². The molecule has 1 aliphatic heterocycles. The van der Waals surface area contributed by atoms with Gasteiger partial charge < -0.3 is 23.9 Å². The Balaban J connectivity index is 1.38. The van der Waals surface area contributed by atoms with Gasteiger partial charge in [0.05, 0.1) is 12.6 Å². The topological polar surface area (TPSA) is 110 Å². The van der Waals surface area contributed by atoms with Crippen LogP contribution in [0.25, 0.3) is 11.1 Å². The average Bonchev–Trinajstić information content (AvgIpc) is 3.44. The highest BCUT2D eigenvalue weighted by Gasteiger charge is 2.35. The average molecular weight is 561 g/mol. The number of furan rings is 1. The van der Waals surface area contributed by atoms with Gasteiger partial charge in [-0.1, -0.05) is 48.5 Å². The Hall–Kier alpha value is -4.27. The van der Waals surface area contributed by atoms with Crippen molar-refractivity contribution in [2.45, 2.75) is 64.1 Å². The highest BCUT2D eigenvalue weighted by atomic mass is 16.6. The van der Waals surface area contributed by atoms with Crippen molar-refractivity contribution in [2.75, 3.05) is 19.7 Å². The summed E-state index contributed by atoms with van der Waals surface area (Å²) in [5.41, 5.74) is 3.84. The van der Waals surface area contributed by atoms with E-state index in [4.69, 9.17) is 13.9 Å². The molecule has 0 saturated carbocycles. The predicted molar refractivity (Wildman–Crippen MR) is 152 cm³/mol. The van der Waals surface area contributed by atoms with Crippen LogP contribution in [0.1, 0.15) is 73.4 Å². The summed E-state index contributed by atoms with van der Waals surface area (Å²) in [6.45, 7) is 6.40. The lowest BCUT2D eigenvalue weighted by molar-refractivity contribution is 0.0183. The first-order valence-corrected chi connectivity index (χ1v) is 14.0. The van der Waals surface area contributed by atoms with Gasteiger partial charge in [-0.25, -0.2) is 14.4 Å². The van der Waals surface area contributed by atoms with Gasteiger partial charge >= 0.3 is 18.2 Å². The summed E-state index contributed by atoms with van der Waals surface area (Å²) < 4.78 is 17.1. The molecule has 1 aliphatic carbocycles. The standard InChI is InChI=1S/C32H36N2O7/c1-32(2,3)41-30(37)33-17-9-8-10-21(18-33)34(19-22-15-16-28(40-22)29(35)36)31(38)39-20-27-25-13-6-4-11-23(25)24-12-5-7-14-26(24)27/h4-7,11-16,21,27H,8-10,17-20H2,1-3H3,(H,35,36). The van der Waals surface area contributed by atoms with Crippen molar-refractivity contribution in [3.8, 4) is 11.1 Å². The molecule has 2 aromatic carbocycles. The largest absolute Gasteiger partial charge is 0.475 e. The zero-order chi connectivity index (χ0) is 29.1. The number of carbonyl (C=O) groups excluding carboxylic acids is 2. The normalized spacial score (nSPS) is 16.9. The zero-order valence-electron chi connectivity index (χ0n) is 23.7. The molecule has 9 heteroatoms. The summed E-state index contributed by atoms with van der Waals surface area (Å²) in [5.74, 6) is -1.18. The lowest BCUT2D eigenvalue weighted by Crippen LogP contribution is -2.48. The number of hydrogen-bond acceptors (Lipinski definition) is 6. The number of nitrogens with zero attached hydrogens (tertiary/aromatic N) is 2. The van der Waals surface area contributed by atoms with Gasteiger partial charge in [-0.2, -0.15) is 0 Å². The molecule has 1 unspecified atom stereocenters. The Morgan fingerprint density at radius 3 is 2.24 bits per heavy atom. The Kier molecular flexibility index (Phi) is 8.06. The summed E-state index contributed by atoms with van der Waals surface area (Å²) >= 11 is 0. The summed E-state index contributed by atoms with van der Waals surface area (Å²) in [5, 5.41) is 9.32. The van der Waals surface area contributed by atoms with Crippen molar-refractivity contribution in [3.63, 3.8) is 0 Å². The number of carboxylic acids is 1. The number of fused-ring (bicyclic) bond motifs is 3. The molecule has 1 fully saturated rings. The molecule has 2 heterocycles. The van der Waals surface area contributed by atoms with Crippen LogP contribution in [-0.2, 0) is 16.0 Å². The van der Waals surface area contributed by atoms with Crippen LogP contribution in [0.15, 0.2) is 65.1 Å². The Labute approximate surface area is 239 Å². The van der Waals surface area contributed by atoms with Gasteiger partial charge in [0.25, 0.3) is 0 Å². The van der Waals surface area contributed by atoms with Gasteiger partial charge in [-0.3, -0.25) is 4.90 Å². The van der Waals surface area contributed by atoms with Crippen LogP contribution < -0.4 is 0 Å². The Bertz CT molecular complexity index is 1380. The first-order chi connectivity index (χ1) is 19.6. The van der Waals surface area contributed by atoms with E-state index in [1.165, 1.54) is 6.07 Å². The van der Waals surface area contributed by atoms with E-state index in [0.29, 0.717) is 18.7 Å². The molecule has 3 aromatic rings. The second-order valence-electron chi connectivity index (χ2n) is 11.6. The van der Waals surface area contributed by atoms with Crippen LogP contribution >= 0.6 is 0 Å². The van der Waals surface area contributed by atoms with E-state index >= 15 is 0 Å². The molecule has 0 bridgehead atoms. The number of carbonyl (C=O) groups is 3. The molecule has 216 valence electrons. The highest BCUT2D eigenvalue weighted by molar-refractivity contribution is 5.84. The van der Waals surface area contributed by atoms with E-state index in [-0.39, 0.29) is 37.4 Å². The van der Waals surface area contributed by atoms with Gasteiger partial charge in [0, 0.05) is 19.0 Å². The molecule has 5 rings (SSSR count). The number of ether oxygens (including phenoxy) is 2. The van der Waals surface area contributed by atoms with E-state index in [9.17, 15) is 19.5 Å². The molecule has 2 aliphatic rings. The number of carboxylic acid groups (broad SMARTS) is 1. The van der Waals surface area contributed by atoms with Crippen LogP contribution in [0, 0.1) is 0 Å². The summed E-state index contributed by atoms with van der Waals surface area (Å²) in [6, 6.07) is 18.8. The van der Waals surface area contributed by atoms with Crippen LogP contribution in [0.4, 0.5) is 9.59 Å². The van der Waals surface area contributed by atoms with E-state index < -0.39 is 23.8 Å². The smallest absolute Gasteiger partial charge is 0.410 e. The van der Waals surface area contributed by atoms with Gasteiger partial charge in [0.2, 0.25) is 5.76 Å². The van der Waals surface area contributed by atoms with Crippen molar-refractivity contribution in [3.05, 3.63) is 83.3 Å². The summed E-state index contributed by atoms with van der Waals surface area (Å²) in [4.78, 5) is 41.4. The molecule has 0 spiro atoms. The molecule has 41 heavy (non-hydrogen) atoms. The number of rotatable bonds is 6. The fourth-order valence-electron chi connectivity index (χ4n) is 5.63. The molecule has 1 saturated heterocycles. The minimum Gasteiger partial charge on any atom is -0.475 e. The fraction of sp³-hybridized carbons (Fsp3) is 0.406. The third-order valence-corrected chi connectivity index (χ3v) is 7.51. The van der Waals surface area contributed by atoms with Crippen LogP contribution in [0.2, 0.25) is 0 Å². The molecule has 9 nitrogen and oxygen atoms in total. The quantitative estimate of drug-likeness (QED) is 0.366. The molecule has 1 atom stereocenters. The molecule has 1 aromatic heterocycles. The SMILES string of the molecule is CC(C)(C)OC(=O)N1CCCCC(N(Cc2ccc(C(=O)O)o2)C(=O)OCC2c3ccccc3-c3ccccc32)C1. The monoisotopic (exact) mass is 560 g/mol. The van der Waals surface area contributed by atoms with E-state index in [0.717, 1.165) is 35.1 Å². The molecular formula is C32H36N2O7. The summed E-state index contributed by atoms with van der Waals surface area (Å²) in [6.07, 6.45) is 1.25. The van der Waals surface area contributed by atoms with Crippen LogP contribution in [0.3, 0.4) is 0 Å². The molecule has 2 amide bonds. The first kappa shape index (κ1) is 28.3. The number of hydrogen-bond donors (Lipinski definition) is 1. The second-order valence-corrected chi connectivity index (χ2v) is 11.6. The van der Waals surface area contributed by atoms with Crippen molar-refractivity contribution in [1.29, 1.82) is 0 Å². The summed E-state index contributed by atoms with van der Waals surface area (Å²) in [7, 11) is 0. The van der Waals surface area contributed by atoms with Crippen LogP contribution in [-0.4, -0.2) is 64.4 Å². The predicted octanol–water partition coefficient (Wildman–Crippen LogP) is 6.52. The Morgan fingerprint density at radius 1 is 0.976 bits per heavy atom. The number of aromatic carboxylic acids is 1. The molecule has 1 N–H and O–H groups in total. The maximum atomic E-state index is 13.8. The third-order valence-electron chi connectivity index (χ3n) is 7.51. The lowest BCUT2D eigenvalue weighted by Gasteiger charge is -2.33. The highest BCUT2D eigenvalue weighted by Crippen LogP contribution is 2.44. The van der Waals surface area contributed by atoms with E-state index in [1.807, 2.05) is 45.0 Å². The zero-order valence-corrected chi connectivity index (χ0v) is 23.7. The van der Waals surface area contributed by atoms with Gasteiger partial charge in [0.1, 0.15) is 18.0 Å². The van der Waals surface area contributed by atoms with E-state index in [2.05, 4.69) is 24.3 Å². The number of likely N-dealkylation sites (tertiary alicyclic amines) is 1. The number of amides is 2. The molecule has 0 radical (unpaired) electrons. The Morgan fingerprint density at radius 2 is 1.63 bits per heavy atom. The maximum Gasteiger partial charge on any atom is 0.410 e. The number of benzene rings is 2. The maximum absolute atomic E-state index is 13.8.